The first kappa shape index (κ1) is 24.6. The molecule has 2 heterocycles. The summed E-state index contributed by atoms with van der Waals surface area (Å²) in [6.45, 7) is 0.529. The Balaban J connectivity index is 1.50. The van der Waals surface area contributed by atoms with E-state index in [4.69, 9.17) is 9.72 Å². The standard InChI is InChI=1S/C28H19BrF3N3O2/c29-21-14-15-24-34-25(26(35(24)17-21)33-16-18-6-2-1-3-7-18)22-8-4-5-9-23(22)37-27(36)19-10-12-20(13-11-19)28(30,31)32/h1-15,17,33H,16H2. The van der Waals surface area contributed by atoms with Gasteiger partial charge in [-0.05, 0) is 70.0 Å². The molecule has 5 rings (SSSR count). The maximum absolute atomic E-state index is 12.9. The number of rotatable bonds is 6. The first-order valence-corrected chi connectivity index (χ1v) is 12.0. The molecule has 3 aromatic carbocycles. The number of hydrogen-bond acceptors (Lipinski definition) is 4. The van der Waals surface area contributed by atoms with Gasteiger partial charge in [0, 0.05) is 22.8 Å². The molecule has 0 aliphatic rings. The third-order valence-corrected chi connectivity index (χ3v) is 6.15. The van der Waals surface area contributed by atoms with Crippen LogP contribution < -0.4 is 10.1 Å². The van der Waals surface area contributed by atoms with Gasteiger partial charge in [-0.15, -0.1) is 0 Å². The Hall–Kier alpha value is -4.11. The van der Waals surface area contributed by atoms with Crippen molar-refractivity contribution < 1.29 is 22.7 Å². The molecule has 0 fully saturated rings. The summed E-state index contributed by atoms with van der Waals surface area (Å²) in [6.07, 6.45) is -2.60. The topological polar surface area (TPSA) is 55.6 Å². The van der Waals surface area contributed by atoms with Crippen LogP contribution in [0.1, 0.15) is 21.5 Å². The molecule has 9 heteroatoms. The van der Waals surface area contributed by atoms with Gasteiger partial charge in [-0.25, -0.2) is 9.78 Å². The Morgan fingerprint density at radius 1 is 0.919 bits per heavy atom. The average molecular weight is 566 g/mol. The van der Waals surface area contributed by atoms with Gasteiger partial charge in [0.25, 0.3) is 0 Å². The number of fused-ring (bicyclic) bond motifs is 1. The van der Waals surface area contributed by atoms with Crippen LogP contribution in [0, 0.1) is 0 Å². The maximum atomic E-state index is 12.9. The summed E-state index contributed by atoms with van der Waals surface area (Å²) in [5.41, 5.74) is 2.03. The number of nitrogens with zero attached hydrogens (tertiary/aromatic N) is 2. The maximum Gasteiger partial charge on any atom is 0.416 e. The molecule has 0 radical (unpaired) electrons. The number of hydrogen-bond donors (Lipinski definition) is 1. The van der Waals surface area contributed by atoms with Crippen molar-refractivity contribution in [2.24, 2.45) is 0 Å². The fraction of sp³-hybridized carbons (Fsp3) is 0.0714. The molecule has 186 valence electrons. The van der Waals surface area contributed by atoms with Crippen LogP contribution in [-0.4, -0.2) is 15.4 Å². The third-order valence-electron chi connectivity index (χ3n) is 5.68. The number of nitrogens with one attached hydrogen (secondary N) is 1. The van der Waals surface area contributed by atoms with Crippen molar-refractivity contribution in [2.45, 2.75) is 12.7 Å². The fourth-order valence-electron chi connectivity index (χ4n) is 3.86. The largest absolute Gasteiger partial charge is 0.422 e. The van der Waals surface area contributed by atoms with Crippen molar-refractivity contribution in [3.8, 4) is 17.0 Å². The van der Waals surface area contributed by atoms with E-state index in [0.717, 1.165) is 34.3 Å². The Bertz CT molecular complexity index is 1570. The van der Waals surface area contributed by atoms with E-state index in [1.807, 2.05) is 53.1 Å². The zero-order chi connectivity index (χ0) is 26.0. The van der Waals surface area contributed by atoms with Gasteiger partial charge in [0.15, 0.2) is 0 Å². The minimum atomic E-state index is -4.49. The number of esters is 1. The number of para-hydroxylation sites is 1. The Morgan fingerprint density at radius 3 is 2.35 bits per heavy atom. The SMILES string of the molecule is O=C(Oc1ccccc1-c1nc2ccc(Br)cn2c1NCc1ccccc1)c1ccc(C(F)(F)F)cc1. The first-order valence-electron chi connectivity index (χ1n) is 11.2. The third kappa shape index (κ3) is 5.36. The minimum Gasteiger partial charge on any atom is -0.422 e. The number of imidazole rings is 1. The number of anilines is 1. The highest BCUT2D eigenvalue weighted by Crippen LogP contribution is 2.36. The number of halogens is 4. The summed E-state index contributed by atoms with van der Waals surface area (Å²) in [4.78, 5) is 17.6. The smallest absolute Gasteiger partial charge is 0.416 e. The van der Waals surface area contributed by atoms with E-state index in [1.54, 1.807) is 24.3 Å². The van der Waals surface area contributed by atoms with Crippen molar-refractivity contribution in [2.75, 3.05) is 5.32 Å². The van der Waals surface area contributed by atoms with Gasteiger partial charge < -0.3 is 10.1 Å². The fourth-order valence-corrected chi connectivity index (χ4v) is 4.20. The van der Waals surface area contributed by atoms with Crippen molar-refractivity contribution >= 4 is 33.4 Å². The summed E-state index contributed by atoms with van der Waals surface area (Å²) in [5, 5.41) is 3.44. The molecule has 0 saturated heterocycles. The monoisotopic (exact) mass is 565 g/mol. The van der Waals surface area contributed by atoms with Crippen molar-refractivity contribution in [1.29, 1.82) is 0 Å². The average Bonchev–Trinajstić information content (AvgIpc) is 3.25. The van der Waals surface area contributed by atoms with Gasteiger partial charge in [-0.3, -0.25) is 4.40 Å². The molecule has 0 unspecified atom stereocenters. The molecule has 37 heavy (non-hydrogen) atoms. The Morgan fingerprint density at radius 2 is 1.62 bits per heavy atom. The highest BCUT2D eigenvalue weighted by Gasteiger charge is 2.30. The van der Waals surface area contributed by atoms with E-state index in [-0.39, 0.29) is 11.3 Å². The van der Waals surface area contributed by atoms with E-state index in [9.17, 15) is 18.0 Å². The number of ether oxygens (including phenoxy) is 1. The van der Waals surface area contributed by atoms with E-state index in [2.05, 4.69) is 21.2 Å². The Labute approximate surface area is 218 Å². The van der Waals surface area contributed by atoms with E-state index < -0.39 is 17.7 Å². The van der Waals surface area contributed by atoms with Crippen molar-refractivity contribution in [1.82, 2.24) is 9.38 Å². The van der Waals surface area contributed by atoms with Crippen LogP contribution in [0.4, 0.5) is 19.0 Å². The number of aromatic nitrogens is 2. The second kappa shape index (κ2) is 10.1. The number of benzene rings is 3. The quantitative estimate of drug-likeness (QED) is 0.170. The molecule has 1 N–H and O–H groups in total. The first-order chi connectivity index (χ1) is 17.8. The zero-order valence-electron chi connectivity index (χ0n) is 19.2. The number of alkyl halides is 3. The summed E-state index contributed by atoms with van der Waals surface area (Å²) < 4.78 is 47.1. The van der Waals surface area contributed by atoms with Gasteiger partial charge >= 0.3 is 12.1 Å². The molecule has 5 nitrogen and oxygen atoms in total. The second-order valence-electron chi connectivity index (χ2n) is 8.18. The van der Waals surface area contributed by atoms with Crippen molar-refractivity contribution in [3.63, 3.8) is 0 Å². The summed E-state index contributed by atoms with van der Waals surface area (Å²) in [7, 11) is 0. The van der Waals surface area contributed by atoms with Gasteiger partial charge in [0.05, 0.1) is 11.1 Å². The second-order valence-corrected chi connectivity index (χ2v) is 9.10. The number of carbonyl (C=O) groups excluding carboxylic acids is 1. The lowest BCUT2D eigenvalue weighted by molar-refractivity contribution is -0.137. The van der Waals surface area contributed by atoms with Crippen LogP contribution in [0.2, 0.25) is 0 Å². The highest BCUT2D eigenvalue weighted by molar-refractivity contribution is 9.10. The number of carbonyl (C=O) groups is 1. The molecule has 0 atom stereocenters. The van der Waals surface area contributed by atoms with E-state index >= 15 is 0 Å². The van der Waals surface area contributed by atoms with Crippen LogP contribution >= 0.6 is 15.9 Å². The lowest BCUT2D eigenvalue weighted by atomic mass is 10.1. The van der Waals surface area contributed by atoms with Gasteiger partial charge in [-0.2, -0.15) is 13.2 Å². The van der Waals surface area contributed by atoms with E-state index in [0.29, 0.717) is 29.3 Å². The van der Waals surface area contributed by atoms with Crippen LogP contribution in [-0.2, 0) is 12.7 Å². The molecule has 0 aliphatic heterocycles. The summed E-state index contributed by atoms with van der Waals surface area (Å²) >= 11 is 3.50. The minimum absolute atomic E-state index is 0.00385. The molecule has 0 aliphatic carbocycles. The predicted octanol–water partition coefficient (Wildman–Crippen LogP) is 7.61. The van der Waals surface area contributed by atoms with Gasteiger partial charge in [0.2, 0.25) is 0 Å². The number of pyridine rings is 1. The molecular weight excluding hydrogens is 547 g/mol. The molecule has 0 amide bonds. The Kier molecular flexibility index (Phi) is 6.71. The molecule has 0 spiro atoms. The molecule has 2 aromatic heterocycles. The van der Waals surface area contributed by atoms with Gasteiger partial charge in [-0.1, -0.05) is 42.5 Å². The molecule has 0 bridgehead atoms. The van der Waals surface area contributed by atoms with E-state index in [1.165, 1.54) is 0 Å². The molecule has 5 aromatic rings. The van der Waals surface area contributed by atoms with Crippen LogP contribution in [0.25, 0.3) is 16.9 Å². The normalized spacial score (nSPS) is 11.5. The summed E-state index contributed by atoms with van der Waals surface area (Å²) in [6, 6.07) is 24.4. The predicted molar refractivity (Wildman–Crippen MR) is 138 cm³/mol. The van der Waals surface area contributed by atoms with Crippen LogP contribution in [0.5, 0.6) is 5.75 Å². The molecule has 0 saturated carbocycles. The van der Waals surface area contributed by atoms with Crippen molar-refractivity contribution in [3.05, 3.63) is 118 Å². The molecular formula is C28H19BrF3N3O2. The summed E-state index contributed by atoms with van der Waals surface area (Å²) in [5.74, 6) is 0.155. The highest BCUT2D eigenvalue weighted by atomic mass is 79.9. The lowest BCUT2D eigenvalue weighted by Gasteiger charge is -2.13. The van der Waals surface area contributed by atoms with Crippen LogP contribution in [0.3, 0.4) is 0 Å². The van der Waals surface area contributed by atoms with Gasteiger partial charge in [0.1, 0.15) is 22.9 Å². The lowest BCUT2D eigenvalue weighted by Crippen LogP contribution is -2.11. The zero-order valence-corrected chi connectivity index (χ0v) is 20.8. The van der Waals surface area contributed by atoms with Crippen LogP contribution in [0.15, 0.2) is 102 Å².